The SMILES string of the molecule is Cn1ccn2ncc(C(=O)N3CC[C@H]4OCc5cccc(c5)Oc5cc(OCC6CC6)cc(c5)C(=O)NCCC(=O)N[C@H]4C3)c12. The number of aryl methyl sites for hydroxylation is 1. The molecule has 0 spiro atoms. The van der Waals surface area contributed by atoms with Gasteiger partial charge in [-0.15, -0.1) is 0 Å². The van der Waals surface area contributed by atoms with Gasteiger partial charge in [-0.05, 0) is 55.0 Å². The summed E-state index contributed by atoms with van der Waals surface area (Å²) in [6, 6.07) is 12.3. The molecule has 12 heteroatoms. The van der Waals surface area contributed by atoms with Crippen LogP contribution in [0.5, 0.6) is 17.2 Å². The molecule has 7 rings (SSSR count). The molecule has 12 nitrogen and oxygen atoms in total. The summed E-state index contributed by atoms with van der Waals surface area (Å²) >= 11 is 0. The molecule has 2 aromatic heterocycles. The number of likely N-dealkylation sites (tertiary alicyclic amines) is 1. The average Bonchev–Trinajstić information content (AvgIpc) is 3.66. The molecule has 1 saturated carbocycles. The number of nitrogens with zero attached hydrogens (tertiary/aromatic N) is 4. The van der Waals surface area contributed by atoms with Gasteiger partial charge in [0.05, 0.1) is 31.6 Å². The minimum absolute atomic E-state index is 0.0678. The molecule has 1 saturated heterocycles. The summed E-state index contributed by atoms with van der Waals surface area (Å²) in [6.07, 6.45) is 7.81. The third-order valence-electron chi connectivity index (χ3n) is 8.51. The van der Waals surface area contributed by atoms with Crippen LogP contribution in [0.2, 0.25) is 0 Å². The van der Waals surface area contributed by atoms with Crippen molar-refractivity contribution in [2.24, 2.45) is 13.0 Å². The van der Waals surface area contributed by atoms with E-state index in [2.05, 4.69) is 15.7 Å². The molecule has 2 aliphatic heterocycles. The summed E-state index contributed by atoms with van der Waals surface area (Å²) in [4.78, 5) is 41.6. The lowest BCUT2D eigenvalue weighted by Gasteiger charge is -2.38. The summed E-state index contributed by atoms with van der Waals surface area (Å²) in [5, 5.41) is 10.2. The number of fused-ring (bicyclic) bond motifs is 6. The van der Waals surface area contributed by atoms with E-state index >= 15 is 0 Å². The molecular formula is C33H36N6O6. The number of amides is 3. The lowest BCUT2D eigenvalue weighted by atomic mass is 10.0. The van der Waals surface area contributed by atoms with Crippen LogP contribution in [0, 0.1) is 5.92 Å². The van der Waals surface area contributed by atoms with Crippen LogP contribution in [0.15, 0.2) is 61.1 Å². The van der Waals surface area contributed by atoms with E-state index < -0.39 is 6.04 Å². The standard InChI is InChI=1S/C33H36N6O6/c1-37-11-12-39-32(37)27(17-35-39)33(42)38-10-8-29-28(18-38)36-30(40)7-9-34-31(41)23-14-25(43-19-21-5-6-21)16-26(15-23)45-24-4-2-3-22(13-24)20-44-29/h2-4,11-17,21,28-29H,5-10,18-20H2,1H3,(H,34,41)(H,36,40)/t28-,29+/m0/s1. The van der Waals surface area contributed by atoms with Gasteiger partial charge in [-0.3, -0.25) is 14.4 Å². The molecule has 4 bridgehead atoms. The molecule has 2 fully saturated rings. The number of aromatic nitrogens is 3. The number of carbonyl (C=O) groups excluding carboxylic acids is 3. The number of hydrogen-bond acceptors (Lipinski definition) is 7. The molecule has 2 atom stereocenters. The zero-order chi connectivity index (χ0) is 30.9. The van der Waals surface area contributed by atoms with Crippen molar-refractivity contribution in [2.45, 2.75) is 44.4 Å². The highest BCUT2D eigenvalue weighted by Crippen LogP contribution is 2.32. The van der Waals surface area contributed by atoms with E-state index in [1.165, 1.54) is 0 Å². The maximum Gasteiger partial charge on any atom is 0.259 e. The first kappa shape index (κ1) is 28.9. The number of ether oxygens (including phenoxy) is 3. The van der Waals surface area contributed by atoms with E-state index in [1.54, 1.807) is 40.0 Å². The van der Waals surface area contributed by atoms with Gasteiger partial charge < -0.3 is 34.3 Å². The normalized spacial score (nSPS) is 20.9. The van der Waals surface area contributed by atoms with Crippen LogP contribution < -0.4 is 20.1 Å². The molecule has 3 aliphatic rings. The predicted octanol–water partition coefficient (Wildman–Crippen LogP) is 3.30. The Hall–Kier alpha value is -4.84. The van der Waals surface area contributed by atoms with Gasteiger partial charge in [-0.25, -0.2) is 4.52 Å². The van der Waals surface area contributed by atoms with E-state index in [9.17, 15) is 14.4 Å². The fourth-order valence-electron chi connectivity index (χ4n) is 5.88. The molecule has 4 aromatic rings. The van der Waals surface area contributed by atoms with Gasteiger partial charge in [0.1, 0.15) is 28.5 Å². The third kappa shape index (κ3) is 6.51. The smallest absolute Gasteiger partial charge is 0.259 e. The number of benzene rings is 2. The Kier molecular flexibility index (Phi) is 7.88. The lowest BCUT2D eigenvalue weighted by Crippen LogP contribution is -2.57. The summed E-state index contributed by atoms with van der Waals surface area (Å²) in [7, 11) is 1.87. The van der Waals surface area contributed by atoms with Gasteiger partial charge in [0.15, 0.2) is 0 Å². The topological polar surface area (TPSA) is 128 Å². The second-order valence-electron chi connectivity index (χ2n) is 12.0. The van der Waals surface area contributed by atoms with Crippen molar-refractivity contribution in [2.75, 3.05) is 26.2 Å². The minimum Gasteiger partial charge on any atom is -0.493 e. The highest BCUT2D eigenvalue weighted by molar-refractivity contribution is 6.00. The number of carbonyl (C=O) groups is 3. The first-order valence-corrected chi connectivity index (χ1v) is 15.4. The number of rotatable bonds is 4. The molecule has 0 unspecified atom stereocenters. The first-order chi connectivity index (χ1) is 21.9. The van der Waals surface area contributed by atoms with Crippen LogP contribution in [0.1, 0.15) is 52.0 Å². The summed E-state index contributed by atoms with van der Waals surface area (Å²) < 4.78 is 22.1. The Morgan fingerprint density at radius 3 is 2.84 bits per heavy atom. The predicted molar refractivity (Wildman–Crippen MR) is 163 cm³/mol. The Morgan fingerprint density at radius 2 is 1.98 bits per heavy atom. The van der Waals surface area contributed by atoms with Crippen molar-refractivity contribution < 1.29 is 28.6 Å². The molecule has 0 radical (unpaired) electrons. The van der Waals surface area contributed by atoms with E-state index in [0.29, 0.717) is 66.1 Å². The molecule has 45 heavy (non-hydrogen) atoms. The van der Waals surface area contributed by atoms with Crippen LogP contribution in [-0.2, 0) is 23.2 Å². The number of piperidine rings is 1. The summed E-state index contributed by atoms with van der Waals surface area (Å²) in [6.45, 7) is 1.78. The Balaban J connectivity index is 1.11. The maximum absolute atomic E-state index is 13.6. The van der Waals surface area contributed by atoms with Crippen molar-refractivity contribution in [3.05, 3.63) is 77.7 Å². The van der Waals surface area contributed by atoms with Gasteiger partial charge in [-0.2, -0.15) is 5.10 Å². The maximum atomic E-state index is 13.6. The second-order valence-corrected chi connectivity index (χ2v) is 12.0. The summed E-state index contributed by atoms with van der Waals surface area (Å²) in [5.41, 5.74) is 2.49. The highest BCUT2D eigenvalue weighted by Gasteiger charge is 2.35. The first-order valence-electron chi connectivity index (χ1n) is 15.4. The molecule has 1 aliphatic carbocycles. The fraction of sp³-hybridized carbons (Fsp3) is 0.394. The van der Waals surface area contributed by atoms with Gasteiger partial charge >= 0.3 is 0 Å². The zero-order valence-electron chi connectivity index (χ0n) is 25.1. The number of hydrogen-bond donors (Lipinski definition) is 2. The molecule has 2 aromatic carbocycles. The molecule has 2 N–H and O–H groups in total. The van der Waals surface area contributed by atoms with Crippen molar-refractivity contribution in [1.82, 2.24) is 29.7 Å². The van der Waals surface area contributed by atoms with Crippen LogP contribution >= 0.6 is 0 Å². The average molecular weight is 613 g/mol. The molecule has 3 amide bonds. The van der Waals surface area contributed by atoms with E-state index in [-0.39, 0.29) is 43.3 Å². The van der Waals surface area contributed by atoms with Crippen LogP contribution in [-0.4, -0.2) is 75.2 Å². The zero-order valence-corrected chi connectivity index (χ0v) is 25.1. The van der Waals surface area contributed by atoms with Crippen molar-refractivity contribution in [1.29, 1.82) is 0 Å². The monoisotopic (exact) mass is 612 g/mol. The lowest BCUT2D eigenvalue weighted by molar-refractivity contribution is -0.124. The van der Waals surface area contributed by atoms with Crippen molar-refractivity contribution >= 4 is 23.4 Å². The van der Waals surface area contributed by atoms with E-state index in [0.717, 1.165) is 18.4 Å². The van der Waals surface area contributed by atoms with Crippen molar-refractivity contribution in [3.8, 4) is 17.2 Å². The Morgan fingerprint density at radius 1 is 1.09 bits per heavy atom. The van der Waals surface area contributed by atoms with Crippen LogP contribution in [0.25, 0.3) is 5.65 Å². The van der Waals surface area contributed by atoms with Crippen LogP contribution in [0.4, 0.5) is 0 Å². The van der Waals surface area contributed by atoms with E-state index in [4.69, 9.17) is 14.2 Å². The highest BCUT2D eigenvalue weighted by atomic mass is 16.5. The van der Waals surface area contributed by atoms with Gasteiger partial charge in [0.25, 0.3) is 11.8 Å². The Bertz CT molecular complexity index is 1740. The molecule has 234 valence electrons. The van der Waals surface area contributed by atoms with Gasteiger partial charge in [0, 0.05) is 57.1 Å². The second kappa shape index (κ2) is 12.3. The minimum atomic E-state index is -0.443. The van der Waals surface area contributed by atoms with Gasteiger partial charge in [0.2, 0.25) is 5.91 Å². The molecular weight excluding hydrogens is 576 g/mol. The quantitative estimate of drug-likeness (QED) is 0.362. The molecule has 4 heterocycles. The Labute approximate surface area is 260 Å². The van der Waals surface area contributed by atoms with Gasteiger partial charge in [-0.1, -0.05) is 12.1 Å². The fourth-order valence-corrected chi connectivity index (χ4v) is 5.88. The summed E-state index contributed by atoms with van der Waals surface area (Å²) in [5.74, 6) is 1.48. The van der Waals surface area contributed by atoms with Crippen LogP contribution in [0.3, 0.4) is 0 Å². The van der Waals surface area contributed by atoms with Crippen molar-refractivity contribution in [3.63, 3.8) is 0 Å². The largest absolute Gasteiger partial charge is 0.493 e. The van der Waals surface area contributed by atoms with E-state index in [1.807, 2.05) is 42.1 Å². The third-order valence-corrected chi connectivity index (χ3v) is 8.51. The number of imidazole rings is 1. The number of nitrogens with one attached hydrogen (secondary N) is 2.